The van der Waals surface area contributed by atoms with Crippen LogP contribution < -0.4 is 15.2 Å². The summed E-state index contributed by atoms with van der Waals surface area (Å²) in [5.74, 6) is -1.79. The first kappa shape index (κ1) is 20.8. The van der Waals surface area contributed by atoms with Crippen LogP contribution in [0.5, 0.6) is 5.75 Å². The van der Waals surface area contributed by atoms with Crippen molar-refractivity contribution in [2.75, 3.05) is 16.6 Å². The van der Waals surface area contributed by atoms with Crippen LogP contribution in [0.3, 0.4) is 0 Å². The number of hydrogen-bond donors (Lipinski definition) is 2. The van der Waals surface area contributed by atoms with E-state index in [1.807, 2.05) is 37.3 Å². The summed E-state index contributed by atoms with van der Waals surface area (Å²) in [7, 11) is -2.33. The third kappa shape index (κ3) is 4.12. The zero-order valence-corrected chi connectivity index (χ0v) is 17.1. The molecular formula is C19H24N4O5S. The molecule has 1 amide bonds. The Kier molecular flexibility index (Phi) is 5.92. The molecule has 1 atom stereocenters. The Balaban J connectivity index is 2.00. The first-order chi connectivity index (χ1) is 13.8. The quantitative estimate of drug-likeness (QED) is 0.752. The van der Waals surface area contributed by atoms with Crippen LogP contribution in [0, 0.1) is 0 Å². The number of aromatic hydroxyl groups is 1. The highest BCUT2D eigenvalue weighted by Gasteiger charge is 2.31. The van der Waals surface area contributed by atoms with E-state index in [-0.39, 0.29) is 24.3 Å². The number of amides is 1. The number of carbonyl (C=O) groups excluding carboxylic acids is 1. The molecule has 0 aliphatic carbocycles. The Bertz CT molecular complexity index is 1070. The molecule has 10 heteroatoms. The standard InChI is InChI=1S/C19H24N4O5S/c1-3-14(13-9-5-4-6-10-13)20-17(25)15-16(24)18(26)22(2)19(21-15)23-11-7-8-12-29(23,27)28/h4-6,9-10,14,24H,3,7-8,11-12H2,1-2H3,(H,20,25)/t14-/m0/s1. The lowest BCUT2D eigenvalue weighted by Gasteiger charge is -2.28. The Morgan fingerprint density at radius 3 is 2.59 bits per heavy atom. The monoisotopic (exact) mass is 420 g/mol. The van der Waals surface area contributed by atoms with E-state index in [0.29, 0.717) is 19.3 Å². The van der Waals surface area contributed by atoms with E-state index in [1.165, 1.54) is 7.05 Å². The number of anilines is 1. The second-order valence-electron chi connectivity index (χ2n) is 6.91. The predicted octanol–water partition coefficient (Wildman–Crippen LogP) is 1.30. The molecule has 2 aromatic rings. The van der Waals surface area contributed by atoms with Crippen molar-refractivity contribution in [3.8, 4) is 5.75 Å². The number of carbonyl (C=O) groups is 1. The molecule has 1 aliphatic rings. The predicted molar refractivity (Wildman–Crippen MR) is 108 cm³/mol. The van der Waals surface area contributed by atoms with Crippen molar-refractivity contribution in [1.29, 1.82) is 0 Å². The second kappa shape index (κ2) is 8.24. The van der Waals surface area contributed by atoms with Gasteiger partial charge in [-0.3, -0.25) is 14.2 Å². The Labute approximate surface area is 169 Å². The average Bonchev–Trinajstić information content (AvgIpc) is 2.71. The minimum absolute atomic E-state index is 0.0583. The fourth-order valence-corrected chi connectivity index (χ4v) is 4.92. The summed E-state index contributed by atoms with van der Waals surface area (Å²) in [5.41, 5.74) is -0.502. The van der Waals surface area contributed by atoms with E-state index in [4.69, 9.17) is 0 Å². The molecule has 2 heterocycles. The molecule has 29 heavy (non-hydrogen) atoms. The van der Waals surface area contributed by atoms with E-state index in [2.05, 4.69) is 10.3 Å². The highest BCUT2D eigenvalue weighted by molar-refractivity contribution is 7.92. The summed E-state index contributed by atoms with van der Waals surface area (Å²) in [6, 6.07) is 8.91. The summed E-state index contributed by atoms with van der Waals surface area (Å²) in [5, 5.41) is 13.0. The van der Waals surface area contributed by atoms with E-state index < -0.39 is 32.9 Å². The van der Waals surface area contributed by atoms with Gasteiger partial charge in [-0.05, 0) is 24.8 Å². The summed E-state index contributed by atoms with van der Waals surface area (Å²) in [6.07, 6.45) is 1.71. The van der Waals surface area contributed by atoms with Crippen molar-refractivity contribution >= 4 is 21.9 Å². The zero-order chi connectivity index (χ0) is 21.2. The van der Waals surface area contributed by atoms with Gasteiger partial charge >= 0.3 is 0 Å². The van der Waals surface area contributed by atoms with Crippen molar-refractivity contribution < 1.29 is 18.3 Å². The van der Waals surface area contributed by atoms with Crippen molar-refractivity contribution in [3.63, 3.8) is 0 Å². The van der Waals surface area contributed by atoms with E-state index in [0.717, 1.165) is 14.4 Å². The normalized spacial score (nSPS) is 17.0. The molecule has 1 aromatic heterocycles. The number of aromatic nitrogens is 2. The minimum atomic E-state index is -3.64. The van der Waals surface area contributed by atoms with Crippen LogP contribution in [0.4, 0.5) is 5.95 Å². The van der Waals surface area contributed by atoms with Gasteiger partial charge < -0.3 is 10.4 Å². The van der Waals surface area contributed by atoms with E-state index in [1.54, 1.807) is 0 Å². The molecule has 1 fully saturated rings. The van der Waals surface area contributed by atoms with Gasteiger partial charge in [0, 0.05) is 13.6 Å². The Morgan fingerprint density at radius 2 is 1.97 bits per heavy atom. The second-order valence-corrected chi connectivity index (χ2v) is 8.93. The zero-order valence-electron chi connectivity index (χ0n) is 16.3. The van der Waals surface area contributed by atoms with Crippen LogP contribution in [0.15, 0.2) is 35.1 Å². The molecule has 156 valence electrons. The molecule has 0 bridgehead atoms. The van der Waals surface area contributed by atoms with Crippen LogP contribution in [-0.2, 0) is 17.1 Å². The first-order valence-electron chi connectivity index (χ1n) is 9.42. The third-order valence-corrected chi connectivity index (χ3v) is 6.77. The van der Waals surface area contributed by atoms with Crippen LogP contribution in [0.1, 0.15) is 48.3 Å². The number of nitrogens with zero attached hydrogens (tertiary/aromatic N) is 3. The lowest BCUT2D eigenvalue weighted by Crippen LogP contribution is -2.42. The minimum Gasteiger partial charge on any atom is -0.501 e. The van der Waals surface area contributed by atoms with Crippen LogP contribution >= 0.6 is 0 Å². The summed E-state index contributed by atoms with van der Waals surface area (Å²) in [4.78, 5) is 29.4. The fraction of sp³-hybridized carbons (Fsp3) is 0.421. The molecular weight excluding hydrogens is 396 g/mol. The highest BCUT2D eigenvalue weighted by atomic mass is 32.2. The van der Waals surface area contributed by atoms with Gasteiger partial charge in [-0.15, -0.1) is 0 Å². The first-order valence-corrected chi connectivity index (χ1v) is 11.0. The highest BCUT2D eigenvalue weighted by Crippen LogP contribution is 2.23. The maximum absolute atomic E-state index is 12.8. The number of nitrogens with one attached hydrogen (secondary N) is 1. The van der Waals surface area contributed by atoms with Gasteiger partial charge in [0.05, 0.1) is 11.8 Å². The van der Waals surface area contributed by atoms with Gasteiger partial charge in [-0.2, -0.15) is 0 Å². The van der Waals surface area contributed by atoms with Gasteiger partial charge in [0.1, 0.15) is 0 Å². The van der Waals surface area contributed by atoms with Crippen LogP contribution in [0.2, 0.25) is 0 Å². The summed E-state index contributed by atoms with van der Waals surface area (Å²) >= 11 is 0. The smallest absolute Gasteiger partial charge is 0.297 e. The van der Waals surface area contributed by atoms with Gasteiger partial charge in [0.2, 0.25) is 21.7 Å². The van der Waals surface area contributed by atoms with Crippen LogP contribution in [0.25, 0.3) is 0 Å². The molecule has 1 saturated heterocycles. The molecule has 9 nitrogen and oxygen atoms in total. The summed E-state index contributed by atoms with van der Waals surface area (Å²) < 4.78 is 26.8. The molecule has 0 radical (unpaired) electrons. The largest absolute Gasteiger partial charge is 0.501 e. The van der Waals surface area contributed by atoms with Gasteiger partial charge in [-0.25, -0.2) is 17.7 Å². The molecule has 1 aromatic carbocycles. The number of hydrogen-bond acceptors (Lipinski definition) is 6. The Hall–Kier alpha value is -2.88. The average molecular weight is 420 g/mol. The van der Waals surface area contributed by atoms with Gasteiger partial charge in [-0.1, -0.05) is 37.3 Å². The maximum Gasteiger partial charge on any atom is 0.297 e. The topological polar surface area (TPSA) is 122 Å². The molecule has 1 aliphatic heterocycles. The fourth-order valence-electron chi connectivity index (χ4n) is 3.31. The molecule has 0 unspecified atom stereocenters. The molecule has 0 saturated carbocycles. The maximum atomic E-state index is 12.8. The van der Waals surface area contributed by atoms with Crippen molar-refractivity contribution in [2.24, 2.45) is 7.05 Å². The summed E-state index contributed by atoms with van der Waals surface area (Å²) in [6.45, 7) is 2.05. The van der Waals surface area contributed by atoms with Gasteiger partial charge in [0.25, 0.3) is 11.5 Å². The van der Waals surface area contributed by atoms with Gasteiger partial charge in [0.15, 0.2) is 5.69 Å². The van der Waals surface area contributed by atoms with Crippen molar-refractivity contribution in [2.45, 2.75) is 32.2 Å². The van der Waals surface area contributed by atoms with Crippen molar-refractivity contribution in [3.05, 3.63) is 51.9 Å². The number of benzene rings is 1. The van der Waals surface area contributed by atoms with Crippen LogP contribution in [-0.4, -0.2) is 41.3 Å². The van der Waals surface area contributed by atoms with E-state index >= 15 is 0 Å². The molecule has 3 rings (SSSR count). The third-order valence-electron chi connectivity index (χ3n) is 4.95. The molecule has 0 spiro atoms. The molecule has 2 N–H and O–H groups in total. The number of rotatable bonds is 5. The number of sulfonamides is 1. The lowest BCUT2D eigenvalue weighted by molar-refractivity contribution is 0.0927. The van der Waals surface area contributed by atoms with E-state index in [9.17, 15) is 23.1 Å². The SMILES string of the molecule is CC[C@H](NC(=O)c1nc(N2CCCCS2(=O)=O)n(C)c(=O)c1O)c1ccccc1. The Morgan fingerprint density at radius 1 is 1.28 bits per heavy atom. The van der Waals surface area contributed by atoms with Crippen molar-refractivity contribution in [1.82, 2.24) is 14.9 Å². The lowest BCUT2D eigenvalue weighted by atomic mass is 10.0.